The van der Waals surface area contributed by atoms with Gasteiger partial charge in [-0.15, -0.1) is 0 Å². The molecule has 0 saturated carbocycles. The van der Waals surface area contributed by atoms with Gasteiger partial charge < -0.3 is 20.1 Å². The van der Waals surface area contributed by atoms with Crippen molar-refractivity contribution in [1.82, 2.24) is 10.2 Å². The minimum absolute atomic E-state index is 0.0314. The molecular formula is C15H26N2O4S. The summed E-state index contributed by atoms with van der Waals surface area (Å²) in [5, 5.41) is 13.1. The molecule has 1 atom stereocenters. The third-order valence-corrected chi connectivity index (χ3v) is 5.26. The summed E-state index contributed by atoms with van der Waals surface area (Å²) in [6, 6.07) is 0. The predicted molar refractivity (Wildman–Crippen MR) is 86.3 cm³/mol. The first-order chi connectivity index (χ1) is 10.2. The van der Waals surface area contributed by atoms with E-state index in [1.165, 1.54) is 18.6 Å². The molecule has 2 aliphatic heterocycles. The van der Waals surface area contributed by atoms with E-state index in [0.29, 0.717) is 18.3 Å². The molecule has 2 heterocycles. The van der Waals surface area contributed by atoms with Crippen molar-refractivity contribution >= 4 is 23.8 Å². The SMILES string of the molecule is CC(C)(C)OC(=O)N1CC(CC(=O)O)(NCC2CCCS2)C1. The Bertz CT molecular complexity index is 424. The van der Waals surface area contributed by atoms with Crippen molar-refractivity contribution in [1.29, 1.82) is 0 Å². The monoisotopic (exact) mass is 330 g/mol. The van der Waals surface area contributed by atoms with Gasteiger partial charge in [-0.3, -0.25) is 4.79 Å². The van der Waals surface area contributed by atoms with Crippen LogP contribution in [0.1, 0.15) is 40.0 Å². The van der Waals surface area contributed by atoms with Crippen molar-refractivity contribution in [3.8, 4) is 0 Å². The Morgan fingerprint density at radius 1 is 1.41 bits per heavy atom. The number of carbonyl (C=O) groups excluding carboxylic acids is 1. The van der Waals surface area contributed by atoms with E-state index < -0.39 is 17.1 Å². The Hall–Kier alpha value is -0.950. The van der Waals surface area contributed by atoms with Crippen molar-refractivity contribution in [2.75, 3.05) is 25.4 Å². The third kappa shape index (κ3) is 4.78. The van der Waals surface area contributed by atoms with E-state index in [-0.39, 0.29) is 12.5 Å². The van der Waals surface area contributed by atoms with Crippen LogP contribution in [0.25, 0.3) is 0 Å². The second-order valence-corrected chi connectivity index (χ2v) is 8.61. The molecule has 1 unspecified atom stereocenters. The first-order valence-corrected chi connectivity index (χ1v) is 8.80. The molecule has 22 heavy (non-hydrogen) atoms. The zero-order valence-corrected chi connectivity index (χ0v) is 14.4. The van der Waals surface area contributed by atoms with Gasteiger partial charge in [0.25, 0.3) is 0 Å². The molecule has 1 amide bonds. The lowest BCUT2D eigenvalue weighted by atomic mass is 9.86. The summed E-state index contributed by atoms with van der Waals surface area (Å²) in [7, 11) is 0. The molecule has 2 rings (SSSR count). The van der Waals surface area contributed by atoms with Crippen LogP contribution in [-0.2, 0) is 9.53 Å². The molecule has 0 spiro atoms. The first-order valence-electron chi connectivity index (χ1n) is 7.75. The van der Waals surface area contributed by atoms with Crippen molar-refractivity contribution < 1.29 is 19.4 Å². The van der Waals surface area contributed by atoms with Crippen LogP contribution in [0.2, 0.25) is 0 Å². The van der Waals surface area contributed by atoms with Gasteiger partial charge in [-0.2, -0.15) is 11.8 Å². The molecule has 0 bridgehead atoms. The molecule has 2 saturated heterocycles. The highest BCUT2D eigenvalue weighted by atomic mass is 32.2. The van der Waals surface area contributed by atoms with Crippen LogP contribution in [-0.4, -0.2) is 63.8 Å². The van der Waals surface area contributed by atoms with Crippen LogP contribution in [0.3, 0.4) is 0 Å². The van der Waals surface area contributed by atoms with Gasteiger partial charge in [0.1, 0.15) is 5.60 Å². The number of hydrogen-bond acceptors (Lipinski definition) is 5. The van der Waals surface area contributed by atoms with Crippen molar-refractivity contribution in [2.24, 2.45) is 0 Å². The molecule has 0 aromatic rings. The Balaban J connectivity index is 1.86. The van der Waals surface area contributed by atoms with Gasteiger partial charge in [-0.05, 0) is 39.4 Å². The van der Waals surface area contributed by atoms with Crippen LogP contribution in [0, 0.1) is 0 Å². The fourth-order valence-electron chi connectivity index (χ4n) is 2.85. The van der Waals surface area contributed by atoms with Crippen molar-refractivity contribution in [3.63, 3.8) is 0 Å². The zero-order valence-electron chi connectivity index (χ0n) is 13.6. The summed E-state index contributed by atoms with van der Waals surface area (Å²) in [5.74, 6) is 0.345. The molecule has 2 N–H and O–H groups in total. The number of likely N-dealkylation sites (tertiary alicyclic amines) is 1. The summed E-state index contributed by atoms with van der Waals surface area (Å²) in [6.45, 7) is 7.07. The number of ether oxygens (including phenoxy) is 1. The molecule has 6 nitrogen and oxygen atoms in total. The summed E-state index contributed by atoms with van der Waals surface area (Å²) < 4.78 is 5.33. The highest BCUT2D eigenvalue weighted by Crippen LogP contribution is 2.30. The molecule has 2 fully saturated rings. The predicted octanol–water partition coefficient (Wildman–Crippen LogP) is 1.94. The lowest BCUT2D eigenvalue weighted by Crippen LogP contribution is -2.71. The topological polar surface area (TPSA) is 78.9 Å². The Morgan fingerprint density at radius 3 is 2.59 bits per heavy atom. The Morgan fingerprint density at radius 2 is 2.09 bits per heavy atom. The summed E-state index contributed by atoms with van der Waals surface area (Å²) in [4.78, 5) is 24.7. The third-order valence-electron chi connectivity index (χ3n) is 3.86. The van der Waals surface area contributed by atoms with Crippen molar-refractivity contribution in [3.05, 3.63) is 0 Å². The van der Waals surface area contributed by atoms with Gasteiger partial charge >= 0.3 is 12.1 Å². The van der Waals surface area contributed by atoms with Gasteiger partial charge in [-0.25, -0.2) is 4.79 Å². The van der Waals surface area contributed by atoms with E-state index in [9.17, 15) is 9.59 Å². The van der Waals surface area contributed by atoms with E-state index >= 15 is 0 Å². The van der Waals surface area contributed by atoms with Crippen LogP contribution in [0.4, 0.5) is 4.79 Å². The zero-order chi connectivity index (χ0) is 16.4. The minimum Gasteiger partial charge on any atom is -0.481 e. The number of amides is 1. The fraction of sp³-hybridized carbons (Fsp3) is 0.867. The molecule has 0 radical (unpaired) electrons. The number of nitrogens with one attached hydrogen (secondary N) is 1. The second-order valence-electron chi connectivity index (χ2n) is 7.20. The lowest BCUT2D eigenvalue weighted by molar-refractivity contribution is -0.141. The molecule has 0 aliphatic carbocycles. The van der Waals surface area contributed by atoms with Crippen LogP contribution in [0.15, 0.2) is 0 Å². The summed E-state index contributed by atoms with van der Waals surface area (Å²) in [6.07, 6.45) is 2.07. The number of nitrogens with zero attached hydrogens (tertiary/aromatic N) is 1. The quantitative estimate of drug-likeness (QED) is 0.802. The molecule has 7 heteroatoms. The van der Waals surface area contributed by atoms with E-state index in [1.54, 1.807) is 4.90 Å². The maximum absolute atomic E-state index is 12.0. The number of thioether (sulfide) groups is 1. The first kappa shape index (κ1) is 17.4. The molecule has 2 aliphatic rings. The largest absolute Gasteiger partial charge is 0.481 e. The van der Waals surface area contributed by atoms with Gasteiger partial charge in [0.05, 0.1) is 12.0 Å². The minimum atomic E-state index is -0.838. The van der Waals surface area contributed by atoms with Gasteiger partial charge in [-0.1, -0.05) is 0 Å². The van der Waals surface area contributed by atoms with Crippen molar-refractivity contribution in [2.45, 2.75) is 56.4 Å². The summed E-state index contributed by atoms with van der Waals surface area (Å²) in [5.41, 5.74) is -1.04. The molecule has 0 aromatic heterocycles. The van der Waals surface area contributed by atoms with Gasteiger partial charge in [0, 0.05) is 24.9 Å². The van der Waals surface area contributed by atoms with E-state index in [0.717, 1.165) is 6.54 Å². The smallest absolute Gasteiger partial charge is 0.410 e. The fourth-order valence-corrected chi connectivity index (χ4v) is 4.05. The number of aliphatic carboxylic acids is 1. The number of carbonyl (C=O) groups is 2. The van der Waals surface area contributed by atoms with Crippen LogP contribution < -0.4 is 5.32 Å². The van der Waals surface area contributed by atoms with Gasteiger partial charge in [0.15, 0.2) is 0 Å². The van der Waals surface area contributed by atoms with Crippen LogP contribution in [0.5, 0.6) is 0 Å². The number of carboxylic acids is 1. The van der Waals surface area contributed by atoms with E-state index in [1.807, 2.05) is 32.5 Å². The second kappa shape index (κ2) is 6.66. The average Bonchev–Trinajstić information content (AvgIpc) is 2.81. The maximum atomic E-state index is 12.0. The lowest BCUT2D eigenvalue weighted by Gasteiger charge is -2.50. The number of rotatable bonds is 5. The van der Waals surface area contributed by atoms with E-state index in [2.05, 4.69) is 5.32 Å². The molecule has 0 aromatic carbocycles. The average molecular weight is 330 g/mol. The Labute approximate surface area is 136 Å². The van der Waals surface area contributed by atoms with E-state index in [4.69, 9.17) is 9.84 Å². The number of hydrogen-bond donors (Lipinski definition) is 2. The standard InChI is InChI=1S/C15H26N2O4S/c1-14(2,3)21-13(20)17-9-15(10-17,7-12(18)19)16-8-11-5-4-6-22-11/h11,16H,4-10H2,1-3H3,(H,18,19). The Kier molecular flexibility index (Phi) is 5.27. The number of carboxylic acid groups (broad SMARTS) is 1. The highest BCUT2D eigenvalue weighted by molar-refractivity contribution is 8.00. The molecular weight excluding hydrogens is 304 g/mol. The highest BCUT2D eigenvalue weighted by Gasteiger charge is 2.47. The normalized spacial score (nSPS) is 24.0. The summed E-state index contributed by atoms with van der Waals surface area (Å²) >= 11 is 1.94. The van der Waals surface area contributed by atoms with Crippen LogP contribution >= 0.6 is 11.8 Å². The maximum Gasteiger partial charge on any atom is 0.410 e. The van der Waals surface area contributed by atoms with Gasteiger partial charge in [0.2, 0.25) is 0 Å². The molecule has 126 valence electrons.